The number of rotatable bonds is 6. The molecule has 0 aliphatic carbocycles. The number of nitrogens with zero attached hydrogens (tertiary/aromatic N) is 3. The normalized spacial score (nSPS) is 25.0. The highest BCUT2D eigenvalue weighted by molar-refractivity contribution is 6.12. The second-order valence-corrected chi connectivity index (χ2v) is 7.72. The lowest BCUT2D eigenvalue weighted by Gasteiger charge is -2.32. The second-order valence-electron chi connectivity index (χ2n) is 7.72. The van der Waals surface area contributed by atoms with Gasteiger partial charge in [-0.1, -0.05) is 56.2 Å². The zero-order valence-electron chi connectivity index (χ0n) is 18.2. The summed E-state index contributed by atoms with van der Waals surface area (Å²) in [6.45, 7) is 25.5. The highest BCUT2D eigenvalue weighted by atomic mass is 16.5. The van der Waals surface area contributed by atoms with Crippen molar-refractivity contribution in [1.29, 1.82) is 0 Å². The predicted molar refractivity (Wildman–Crippen MR) is 132 cm³/mol. The van der Waals surface area contributed by atoms with Crippen LogP contribution in [-0.4, -0.2) is 24.2 Å². The van der Waals surface area contributed by atoms with Crippen LogP contribution in [0.15, 0.2) is 113 Å². The van der Waals surface area contributed by atoms with Crippen LogP contribution in [0.5, 0.6) is 0 Å². The number of hydrogen-bond donors (Lipinski definition) is 0. The van der Waals surface area contributed by atoms with E-state index in [2.05, 4.69) is 69.7 Å². The summed E-state index contributed by atoms with van der Waals surface area (Å²) >= 11 is 0. The highest BCUT2D eigenvalue weighted by Crippen LogP contribution is 2.39. The molecule has 0 fully saturated rings. The van der Waals surface area contributed by atoms with Gasteiger partial charge in [0.1, 0.15) is 5.76 Å². The summed E-state index contributed by atoms with van der Waals surface area (Å²) in [4.78, 5) is 13.5. The van der Waals surface area contributed by atoms with Gasteiger partial charge in [0, 0.05) is 29.2 Å². The van der Waals surface area contributed by atoms with Crippen molar-refractivity contribution in [3.8, 4) is 0 Å². The van der Waals surface area contributed by atoms with E-state index in [4.69, 9.17) is 14.7 Å². The number of hydrogen-bond acceptors (Lipinski definition) is 4. The van der Waals surface area contributed by atoms with Gasteiger partial charge in [-0.25, -0.2) is 4.99 Å². The molecule has 0 saturated heterocycles. The maximum absolute atomic E-state index is 5.67. The van der Waals surface area contributed by atoms with Gasteiger partial charge in [0.15, 0.2) is 0 Å². The van der Waals surface area contributed by atoms with Gasteiger partial charge in [-0.3, -0.25) is 9.98 Å². The van der Waals surface area contributed by atoms with Gasteiger partial charge in [0.05, 0.1) is 17.5 Å². The van der Waals surface area contributed by atoms with E-state index in [0.29, 0.717) is 17.9 Å². The molecule has 0 saturated carbocycles. The van der Waals surface area contributed by atoms with Gasteiger partial charge in [0.2, 0.25) is 5.88 Å². The third-order valence-electron chi connectivity index (χ3n) is 5.73. The van der Waals surface area contributed by atoms with E-state index in [1.54, 1.807) is 6.08 Å². The predicted octanol–water partition coefficient (Wildman–Crippen LogP) is 6.47. The van der Waals surface area contributed by atoms with Gasteiger partial charge < -0.3 is 4.74 Å². The lowest BCUT2D eigenvalue weighted by atomic mass is 9.78. The minimum absolute atomic E-state index is 0.0590. The van der Waals surface area contributed by atoms with Crippen molar-refractivity contribution in [3.63, 3.8) is 0 Å². The molecule has 2 atom stereocenters. The Morgan fingerprint density at radius 3 is 2.55 bits per heavy atom. The molecule has 2 aliphatic heterocycles. The Labute approximate surface area is 185 Å². The van der Waals surface area contributed by atoms with E-state index in [9.17, 15) is 0 Å². The average molecular weight is 412 g/mol. The average Bonchev–Trinajstić information content (AvgIpc) is 2.76. The summed E-state index contributed by atoms with van der Waals surface area (Å²) in [5.41, 5.74) is 6.69. The standard InChI is InChI=1S/C27H29N3O/c1-8-24-22-13-11-10-12-21(22)23-15-14-17(3)27(19(5)31-20(6)28-7)25(9-2)29-18(4)16-26(23)30-24/h8-13,23,26H,1-2,4-7,14-16H2,3H3/b27-17-,29-25-. The van der Waals surface area contributed by atoms with E-state index >= 15 is 0 Å². The quantitative estimate of drug-likeness (QED) is 0.391. The van der Waals surface area contributed by atoms with Crippen LogP contribution < -0.4 is 0 Å². The molecule has 0 bridgehead atoms. The van der Waals surface area contributed by atoms with E-state index in [1.807, 2.05) is 12.1 Å². The molecule has 0 N–H and O–H groups in total. The fourth-order valence-electron chi connectivity index (χ4n) is 4.28. The first-order valence-corrected chi connectivity index (χ1v) is 10.3. The van der Waals surface area contributed by atoms with Crippen LogP contribution >= 0.6 is 0 Å². The van der Waals surface area contributed by atoms with Crippen LogP contribution in [0.2, 0.25) is 0 Å². The summed E-state index contributed by atoms with van der Waals surface area (Å²) in [5.74, 6) is 0.874. The van der Waals surface area contributed by atoms with Gasteiger partial charge in [-0.05, 0) is 50.8 Å². The SMILES string of the molecule is C=CC1=NC2CC(=C)/N=C(C=C)\C(C(=C)OC(=C)N=C)=C(\C)CCC2c2ccccc21. The first-order chi connectivity index (χ1) is 14.9. The lowest BCUT2D eigenvalue weighted by Crippen LogP contribution is -2.27. The molecule has 2 aliphatic rings. The van der Waals surface area contributed by atoms with Crippen molar-refractivity contribution in [2.24, 2.45) is 15.0 Å². The molecule has 158 valence electrons. The molecule has 1 aromatic rings. The number of ether oxygens (including phenoxy) is 1. The van der Waals surface area contributed by atoms with Gasteiger partial charge in [0.25, 0.3) is 0 Å². The second kappa shape index (κ2) is 9.52. The largest absolute Gasteiger partial charge is 0.440 e. The minimum Gasteiger partial charge on any atom is -0.440 e. The Kier molecular flexibility index (Phi) is 6.81. The summed E-state index contributed by atoms with van der Waals surface area (Å²) in [6.07, 6.45) is 5.95. The maximum atomic E-state index is 5.67. The Hall–Kier alpha value is -3.53. The number of benzene rings is 1. The molecule has 2 unspecified atom stereocenters. The molecule has 31 heavy (non-hydrogen) atoms. The Balaban J connectivity index is 2.07. The molecular formula is C27H29N3O. The van der Waals surface area contributed by atoms with Crippen LogP contribution in [0.3, 0.4) is 0 Å². The molecular weight excluding hydrogens is 382 g/mol. The van der Waals surface area contributed by atoms with Crippen LogP contribution in [-0.2, 0) is 4.74 Å². The maximum Gasteiger partial charge on any atom is 0.211 e. The molecule has 4 heteroatoms. The zero-order valence-corrected chi connectivity index (χ0v) is 18.2. The molecule has 2 heterocycles. The van der Waals surface area contributed by atoms with Crippen molar-refractivity contribution >= 4 is 18.1 Å². The monoisotopic (exact) mass is 411 g/mol. The third-order valence-corrected chi connectivity index (χ3v) is 5.73. The Morgan fingerprint density at radius 2 is 1.87 bits per heavy atom. The number of aliphatic imine (C=N–C) groups is 3. The number of fused-ring (bicyclic) bond motifs is 3. The van der Waals surface area contributed by atoms with Crippen LogP contribution in [0.25, 0.3) is 0 Å². The summed E-state index contributed by atoms with van der Waals surface area (Å²) in [6, 6.07) is 8.50. The first-order valence-electron chi connectivity index (χ1n) is 10.3. The molecule has 3 rings (SSSR count). The molecule has 1 aromatic carbocycles. The Bertz CT molecular complexity index is 1070. The minimum atomic E-state index is 0.0590. The summed E-state index contributed by atoms with van der Waals surface area (Å²) in [7, 11) is 0. The first kappa shape index (κ1) is 22.2. The topological polar surface area (TPSA) is 46.3 Å². The van der Waals surface area contributed by atoms with E-state index in [-0.39, 0.29) is 17.8 Å². The van der Waals surface area contributed by atoms with E-state index in [1.165, 1.54) is 5.56 Å². The smallest absolute Gasteiger partial charge is 0.211 e. The van der Waals surface area contributed by atoms with Gasteiger partial charge in [-0.2, -0.15) is 0 Å². The van der Waals surface area contributed by atoms with E-state index in [0.717, 1.165) is 41.0 Å². The zero-order chi connectivity index (χ0) is 22.5. The van der Waals surface area contributed by atoms with Crippen molar-refractivity contribution in [1.82, 2.24) is 0 Å². The molecule has 0 amide bonds. The molecule has 4 nitrogen and oxygen atoms in total. The fraction of sp³-hybridized carbons (Fsp3) is 0.222. The van der Waals surface area contributed by atoms with Crippen LogP contribution in [0, 0.1) is 0 Å². The summed E-state index contributed by atoms with van der Waals surface area (Å²) < 4.78 is 5.67. The lowest BCUT2D eigenvalue weighted by molar-refractivity contribution is 0.318. The molecule has 0 spiro atoms. The van der Waals surface area contributed by atoms with Crippen LogP contribution in [0.4, 0.5) is 0 Å². The highest BCUT2D eigenvalue weighted by Gasteiger charge is 2.31. The summed E-state index contributed by atoms with van der Waals surface area (Å²) in [5, 5.41) is 0. The number of allylic oxidation sites excluding steroid dienone is 4. The van der Waals surface area contributed by atoms with Crippen molar-refractivity contribution in [3.05, 3.63) is 109 Å². The van der Waals surface area contributed by atoms with Crippen LogP contribution in [0.1, 0.15) is 43.2 Å². The van der Waals surface area contributed by atoms with Gasteiger partial charge in [-0.15, -0.1) is 0 Å². The van der Waals surface area contributed by atoms with Gasteiger partial charge >= 0.3 is 0 Å². The third kappa shape index (κ3) is 4.64. The Morgan fingerprint density at radius 1 is 1.16 bits per heavy atom. The fourth-order valence-corrected chi connectivity index (χ4v) is 4.28. The van der Waals surface area contributed by atoms with Crippen molar-refractivity contribution < 1.29 is 4.74 Å². The van der Waals surface area contributed by atoms with Crippen molar-refractivity contribution in [2.45, 2.75) is 38.1 Å². The molecule has 0 aromatic heterocycles. The molecule has 0 radical (unpaired) electrons. The van der Waals surface area contributed by atoms with E-state index < -0.39 is 0 Å². The van der Waals surface area contributed by atoms with Crippen molar-refractivity contribution in [2.75, 3.05) is 0 Å².